The van der Waals surface area contributed by atoms with Crippen LogP contribution >= 0.6 is 0 Å². The van der Waals surface area contributed by atoms with Gasteiger partial charge in [0.15, 0.2) is 11.5 Å². The van der Waals surface area contributed by atoms with Crippen LogP contribution in [0.1, 0.15) is 56.4 Å². The molecule has 1 aliphatic heterocycles. The van der Waals surface area contributed by atoms with Gasteiger partial charge in [-0.25, -0.2) is 14.5 Å². The Kier molecular flexibility index (Phi) is 6.01. The number of hydrogen-bond acceptors (Lipinski definition) is 7. The summed E-state index contributed by atoms with van der Waals surface area (Å²) in [5.41, 5.74) is 9.90. The van der Waals surface area contributed by atoms with Crippen LogP contribution in [0.2, 0.25) is 0 Å². The third-order valence-electron chi connectivity index (χ3n) is 5.51. The first kappa shape index (κ1) is 20.4. The first-order chi connectivity index (χ1) is 14.5. The minimum absolute atomic E-state index is 0.287. The summed E-state index contributed by atoms with van der Waals surface area (Å²) < 4.78 is 7.45. The fraction of sp³-hybridized carbons (Fsp3) is 0.545. The summed E-state index contributed by atoms with van der Waals surface area (Å²) in [5.74, 6) is 1.98. The lowest BCUT2D eigenvalue weighted by atomic mass is 10.1. The highest BCUT2D eigenvalue weighted by Gasteiger charge is 2.16. The molecular formula is C22H31N7O. The highest BCUT2D eigenvalue weighted by atomic mass is 16.5. The van der Waals surface area contributed by atoms with Crippen LogP contribution in [0, 0.1) is 12.8 Å². The molecule has 4 heterocycles. The number of nitrogen functional groups attached to an aromatic ring is 1. The van der Waals surface area contributed by atoms with E-state index in [4.69, 9.17) is 15.5 Å². The molecule has 30 heavy (non-hydrogen) atoms. The molecule has 0 amide bonds. The molecule has 1 saturated heterocycles. The van der Waals surface area contributed by atoms with Crippen LogP contribution in [0.5, 0.6) is 6.01 Å². The van der Waals surface area contributed by atoms with Crippen molar-refractivity contribution in [1.82, 2.24) is 24.6 Å². The van der Waals surface area contributed by atoms with Crippen LogP contribution < -0.4 is 15.4 Å². The molecule has 0 spiro atoms. The van der Waals surface area contributed by atoms with Crippen molar-refractivity contribution >= 4 is 17.3 Å². The number of imidazole rings is 1. The Morgan fingerprint density at radius 2 is 1.93 bits per heavy atom. The Labute approximate surface area is 177 Å². The van der Waals surface area contributed by atoms with Crippen molar-refractivity contribution in [3.8, 4) is 6.01 Å². The number of nitrogens with zero attached hydrogens (tertiary/aromatic N) is 6. The van der Waals surface area contributed by atoms with Crippen molar-refractivity contribution in [3.63, 3.8) is 0 Å². The van der Waals surface area contributed by atoms with E-state index in [0.29, 0.717) is 30.4 Å². The molecule has 0 saturated carbocycles. The topological polar surface area (TPSA) is 94.5 Å². The molecule has 3 aromatic heterocycles. The molecule has 1 fully saturated rings. The van der Waals surface area contributed by atoms with Crippen LogP contribution in [0.3, 0.4) is 0 Å². The third kappa shape index (κ3) is 4.47. The van der Waals surface area contributed by atoms with Crippen molar-refractivity contribution in [1.29, 1.82) is 0 Å². The van der Waals surface area contributed by atoms with Crippen LogP contribution in [0.25, 0.3) is 5.65 Å². The first-order valence-corrected chi connectivity index (χ1v) is 10.8. The van der Waals surface area contributed by atoms with Gasteiger partial charge >= 0.3 is 6.01 Å². The molecule has 1 aliphatic rings. The van der Waals surface area contributed by atoms with E-state index >= 15 is 0 Å². The number of nitrogens with two attached hydrogens (primary N) is 1. The molecule has 0 bridgehead atoms. The van der Waals surface area contributed by atoms with Gasteiger partial charge in [-0.15, -0.1) is 5.10 Å². The summed E-state index contributed by atoms with van der Waals surface area (Å²) in [4.78, 5) is 15.8. The molecule has 8 nitrogen and oxygen atoms in total. The highest BCUT2D eigenvalue weighted by Crippen LogP contribution is 2.23. The number of pyridine rings is 1. The number of anilines is 2. The van der Waals surface area contributed by atoms with E-state index in [1.807, 2.05) is 6.20 Å². The van der Waals surface area contributed by atoms with Crippen LogP contribution in [-0.4, -0.2) is 44.3 Å². The highest BCUT2D eigenvalue weighted by molar-refractivity contribution is 5.60. The number of fused-ring (bicyclic) bond motifs is 1. The number of hydrogen-bond donors (Lipinski definition) is 1. The van der Waals surface area contributed by atoms with Gasteiger partial charge in [-0.3, -0.25) is 0 Å². The molecule has 0 radical (unpaired) electrons. The standard InChI is InChI=1S/C22H31N7O/c1-15(2)7-10-30-22-26-19(23)21-25-14-18(29(21)27-22)12-17-11-16(3)20(24-13-17)28-8-5-4-6-9-28/h11,13-15H,4-10,12H2,1-3H3,(H2,23,26,27). The number of ether oxygens (including phenoxy) is 1. The van der Waals surface area contributed by atoms with Gasteiger partial charge in [-0.1, -0.05) is 19.9 Å². The summed E-state index contributed by atoms with van der Waals surface area (Å²) in [6.45, 7) is 9.20. The van der Waals surface area contributed by atoms with Gasteiger partial charge in [0.05, 0.1) is 18.5 Å². The van der Waals surface area contributed by atoms with Gasteiger partial charge in [0.2, 0.25) is 0 Å². The smallest absolute Gasteiger partial charge is 0.336 e. The van der Waals surface area contributed by atoms with E-state index in [0.717, 1.165) is 36.6 Å². The number of aromatic nitrogens is 5. The van der Waals surface area contributed by atoms with Crippen molar-refractivity contribution in [3.05, 3.63) is 35.3 Å². The molecule has 4 rings (SSSR count). The second-order valence-electron chi connectivity index (χ2n) is 8.50. The molecule has 0 atom stereocenters. The lowest BCUT2D eigenvalue weighted by Crippen LogP contribution is -2.30. The fourth-order valence-electron chi connectivity index (χ4n) is 3.86. The van der Waals surface area contributed by atoms with Gasteiger partial charge in [0, 0.05) is 25.7 Å². The quantitative estimate of drug-likeness (QED) is 0.639. The summed E-state index contributed by atoms with van der Waals surface area (Å²) in [7, 11) is 0. The zero-order valence-corrected chi connectivity index (χ0v) is 18.1. The van der Waals surface area contributed by atoms with Gasteiger partial charge in [-0.2, -0.15) is 4.98 Å². The van der Waals surface area contributed by atoms with Gasteiger partial charge in [0.1, 0.15) is 5.82 Å². The first-order valence-electron chi connectivity index (χ1n) is 10.8. The van der Waals surface area contributed by atoms with Crippen molar-refractivity contribution in [2.45, 2.75) is 52.9 Å². The average Bonchev–Trinajstić information content (AvgIpc) is 3.12. The number of rotatable bonds is 7. The summed E-state index contributed by atoms with van der Waals surface area (Å²) >= 11 is 0. The number of piperidine rings is 1. The molecule has 160 valence electrons. The Bertz CT molecular complexity index is 1010. The molecule has 3 aromatic rings. The largest absolute Gasteiger partial charge is 0.462 e. The Morgan fingerprint density at radius 3 is 2.67 bits per heavy atom. The van der Waals surface area contributed by atoms with E-state index < -0.39 is 0 Å². The van der Waals surface area contributed by atoms with Crippen molar-refractivity contribution in [2.24, 2.45) is 5.92 Å². The maximum Gasteiger partial charge on any atom is 0.336 e. The van der Waals surface area contributed by atoms with Crippen molar-refractivity contribution < 1.29 is 4.74 Å². The summed E-state index contributed by atoms with van der Waals surface area (Å²) in [5, 5.41) is 4.51. The number of aryl methyl sites for hydroxylation is 1. The minimum Gasteiger partial charge on any atom is -0.462 e. The van der Waals surface area contributed by atoms with E-state index in [2.05, 4.69) is 46.8 Å². The molecule has 0 unspecified atom stereocenters. The maximum atomic E-state index is 6.09. The predicted octanol–water partition coefficient (Wildman–Crippen LogP) is 3.42. The maximum absolute atomic E-state index is 6.09. The monoisotopic (exact) mass is 409 g/mol. The summed E-state index contributed by atoms with van der Waals surface area (Å²) in [6, 6.07) is 2.50. The predicted molar refractivity (Wildman–Crippen MR) is 118 cm³/mol. The van der Waals surface area contributed by atoms with Crippen LogP contribution in [0.4, 0.5) is 11.6 Å². The van der Waals surface area contributed by atoms with Gasteiger partial charge < -0.3 is 15.4 Å². The SMILES string of the molecule is Cc1cc(Cc2cnc3c(N)nc(OCCC(C)C)nn23)cnc1N1CCCCC1. The van der Waals surface area contributed by atoms with Crippen LogP contribution in [-0.2, 0) is 6.42 Å². The Balaban J connectivity index is 1.54. The molecule has 0 aliphatic carbocycles. The Morgan fingerprint density at radius 1 is 1.13 bits per heavy atom. The zero-order chi connectivity index (χ0) is 21.1. The van der Waals surface area contributed by atoms with E-state index in [1.54, 1.807) is 10.7 Å². The molecular weight excluding hydrogens is 378 g/mol. The van der Waals surface area contributed by atoms with Crippen LogP contribution in [0.15, 0.2) is 18.5 Å². The van der Waals surface area contributed by atoms with E-state index in [1.165, 1.54) is 24.8 Å². The fourth-order valence-corrected chi connectivity index (χ4v) is 3.86. The lowest BCUT2D eigenvalue weighted by molar-refractivity contribution is 0.264. The second kappa shape index (κ2) is 8.85. The minimum atomic E-state index is 0.287. The normalized spacial score (nSPS) is 14.6. The average molecular weight is 410 g/mol. The zero-order valence-electron chi connectivity index (χ0n) is 18.1. The van der Waals surface area contributed by atoms with Gasteiger partial charge in [0.25, 0.3) is 0 Å². The Hall–Kier alpha value is -2.90. The molecule has 8 heteroatoms. The summed E-state index contributed by atoms with van der Waals surface area (Å²) in [6.07, 6.45) is 9.16. The van der Waals surface area contributed by atoms with Gasteiger partial charge in [-0.05, 0) is 49.7 Å². The molecule has 2 N–H and O–H groups in total. The van der Waals surface area contributed by atoms with Crippen molar-refractivity contribution in [2.75, 3.05) is 30.3 Å². The van der Waals surface area contributed by atoms with E-state index in [-0.39, 0.29) is 6.01 Å². The third-order valence-corrected chi connectivity index (χ3v) is 5.51. The second-order valence-corrected chi connectivity index (χ2v) is 8.50. The van der Waals surface area contributed by atoms with E-state index in [9.17, 15) is 0 Å². The lowest BCUT2D eigenvalue weighted by Gasteiger charge is -2.29. The molecule has 0 aromatic carbocycles.